The van der Waals surface area contributed by atoms with Gasteiger partial charge in [-0.1, -0.05) is 24.3 Å². The minimum atomic E-state index is -4.57. The Bertz CT molecular complexity index is 1160. The third-order valence-corrected chi connectivity index (χ3v) is 4.98. The van der Waals surface area contributed by atoms with E-state index in [2.05, 4.69) is 15.5 Å². The molecule has 0 saturated carbocycles. The summed E-state index contributed by atoms with van der Waals surface area (Å²) < 4.78 is 44.9. The van der Waals surface area contributed by atoms with Gasteiger partial charge in [0.05, 0.1) is 10.5 Å². The second-order valence-corrected chi connectivity index (χ2v) is 6.92. The Kier molecular flexibility index (Phi) is 5.09. The van der Waals surface area contributed by atoms with Gasteiger partial charge in [0.1, 0.15) is 6.61 Å². The zero-order chi connectivity index (χ0) is 22.2. The van der Waals surface area contributed by atoms with Gasteiger partial charge in [0.25, 0.3) is 0 Å². The highest BCUT2D eigenvalue weighted by atomic mass is 19.4. The molecule has 1 unspecified atom stereocenters. The molecule has 2 heterocycles. The molecule has 1 aromatic heterocycles. The molecule has 11 heteroatoms. The summed E-state index contributed by atoms with van der Waals surface area (Å²) in [5.74, 6) is -0.552. The lowest BCUT2D eigenvalue weighted by molar-refractivity contribution is -0.386. The topological polar surface area (TPSA) is 110 Å². The van der Waals surface area contributed by atoms with Crippen LogP contribution in [0, 0.1) is 10.1 Å². The van der Waals surface area contributed by atoms with Crippen LogP contribution in [0.4, 0.5) is 24.7 Å². The number of fused-ring (bicyclic) bond motifs is 1. The summed E-state index contributed by atoms with van der Waals surface area (Å²) in [7, 11) is 0. The number of alkyl halides is 3. The number of nitrogens with one attached hydrogen (secondary N) is 2. The number of nitrogens with zero attached hydrogens (tertiary/aromatic N) is 2. The number of rotatable bonds is 5. The van der Waals surface area contributed by atoms with E-state index in [9.17, 15) is 28.1 Å². The maximum atomic E-state index is 13.2. The molecule has 3 aromatic rings. The number of amides is 1. The van der Waals surface area contributed by atoms with Gasteiger partial charge in [0.15, 0.2) is 11.6 Å². The molecule has 1 amide bonds. The summed E-state index contributed by atoms with van der Waals surface area (Å²) in [5.41, 5.74) is -0.234. The molecular weight excluding hydrogens is 417 g/mol. The first-order chi connectivity index (χ1) is 14.7. The molecule has 2 N–H and O–H groups in total. The van der Waals surface area contributed by atoms with Crippen molar-refractivity contribution in [2.24, 2.45) is 0 Å². The van der Waals surface area contributed by atoms with E-state index in [1.165, 1.54) is 30.3 Å². The van der Waals surface area contributed by atoms with Crippen molar-refractivity contribution in [2.75, 3.05) is 5.32 Å². The molecular formula is C20H15F3N4O4. The highest BCUT2D eigenvalue weighted by molar-refractivity contribution is 5.94. The van der Waals surface area contributed by atoms with Crippen LogP contribution in [-0.2, 0) is 17.6 Å². The number of hydrogen-bond acceptors (Lipinski definition) is 5. The van der Waals surface area contributed by atoms with Gasteiger partial charge in [-0.15, -0.1) is 0 Å². The van der Waals surface area contributed by atoms with E-state index in [4.69, 9.17) is 4.74 Å². The Balaban J connectivity index is 1.63. The van der Waals surface area contributed by atoms with Crippen molar-refractivity contribution >= 4 is 17.4 Å². The van der Waals surface area contributed by atoms with Crippen LogP contribution in [0.15, 0.2) is 48.7 Å². The predicted molar refractivity (Wildman–Crippen MR) is 103 cm³/mol. The highest BCUT2D eigenvalue weighted by Gasteiger charge is 2.33. The number of ether oxygens (including phenoxy) is 1. The van der Waals surface area contributed by atoms with E-state index in [0.717, 1.165) is 6.07 Å². The number of benzene rings is 2. The van der Waals surface area contributed by atoms with Crippen LogP contribution in [0.25, 0.3) is 0 Å². The van der Waals surface area contributed by atoms with Crippen LogP contribution in [0.3, 0.4) is 0 Å². The maximum absolute atomic E-state index is 13.2. The minimum Gasteiger partial charge on any atom is -0.482 e. The van der Waals surface area contributed by atoms with E-state index in [1.54, 1.807) is 12.3 Å². The van der Waals surface area contributed by atoms with Gasteiger partial charge >= 0.3 is 11.9 Å². The zero-order valence-corrected chi connectivity index (χ0v) is 15.8. The average Bonchev–Trinajstić information content (AvgIpc) is 3.19. The molecule has 1 aliphatic rings. The molecule has 0 spiro atoms. The Morgan fingerprint density at radius 2 is 2.00 bits per heavy atom. The summed E-state index contributed by atoms with van der Waals surface area (Å²) in [6.45, 7) is -0.492. The number of nitro groups is 1. The number of carbonyl (C=O) groups excluding carboxylic acids is 1. The molecule has 2 aromatic carbocycles. The largest absolute Gasteiger partial charge is 0.482 e. The Hall–Kier alpha value is -3.89. The zero-order valence-electron chi connectivity index (χ0n) is 15.8. The van der Waals surface area contributed by atoms with Crippen molar-refractivity contribution in [2.45, 2.75) is 25.1 Å². The lowest BCUT2D eigenvalue weighted by Gasteiger charge is -2.22. The van der Waals surface area contributed by atoms with Crippen molar-refractivity contribution < 1.29 is 27.6 Å². The van der Waals surface area contributed by atoms with Crippen molar-refractivity contribution in [3.8, 4) is 5.75 Å². The maximum Gasteiger partial charge on any atom is 0.416 e. The first kappa shape index (κ1) is 20.4. The molecule has 0 fully saturated rings. The molecule has 0 radical (unpaired) electrons. The van der Waals surface area contributed by atoms with Gasteiger partial charge < -0.3 is 10.1 Å². The fraction of sp³-hybridized carbons (Fsp3) is 0.200. The molecule has 160 valence electrons. The van der Waals surface area contributed by atoms with Gasteiger partial charge in [0.2, 0.25) is 5.91 Å². The Morgan fingerprint density at radius 1 is 1.23 bits per heavy atom. The lowest BCUT2D eigenvalue weighted by atomic mass is 9.87. The molecule has 4 rings (SSSR count). The van der Waals surface area contributed by atoms with Crippen molar-refractivity contribution in [1.29, 1.82) is 0 Å². The van der Waals surface area contributed by atoms with Crippen LogP contribution in [-0.4, -0.2) is 21.0 Å². The van der Waals surface area contributed by atoms with Gasteiger partial charge in [-0.3, -0.25) is 20.0 Å². The van der Waals surface area contributed by atoms with Gasteiger partial charge in [-0.25, -0.2) is 0 Å². The average molecular weight is 432 g/mol. The normalized spacial score (nSPS) is 15.8. The van der Waals surface area contributed by atoms with E-state index < -0.39 is 34.9 Å². The van der Waals surface area contributed by atoms with Gasteiger partial charge in [-0.2, -0.15) is 18.3 Å². The SMILES string of the molecule is O=C1CC(c2ccc(OCc3ccccc3C(F)(F)F)c([N+](=O)[O-])c2)c2c[nH]nc2N1. The van der Waals surface area contributed by atoms with Crippen LogP contribution in [0.2, 0.25) is 0 Å². The summed E-state index contributed by atoms with van der Waals surface area (Å²) >= 11 is 0. The number of halogens is 3. The third kappa shape index (κ3) is 4.06. The standard InChI is InChI=1S/C20H15F3N4O4/c21-20(22,23)15-4-2-1-3-12(15)10-31-17-6-5-11(7-16(17)27(29)30)13-8-18(28)25-19-14(13)9-24-26-19/h1-7,9,13H,8,10H2,(H2,24,25,26,28). The van der Waals surface area contributed by atoms with Crippen molar-refractivity contribution in [3.05, 3.63) is 81.0 Å². The molecule has 0 saturated heterocycles. The second-order valence-electron chi connectivity index (χ2n) is 6.92. The molecule has 0 aliphatic carbocycles. The van der Waals surface area contributed by atoms with Gasteiger partial charge in [-0.05, 0) is 17.7 Å². The molecule has 0 bridgehead atoms. The number of anilines is 1. The predicted octanol–water partition coefficient (Wildman–Crippen LogP) is 4.39. The second kappa shape index (κ2) is 7.74. The highest BCUT2D eigenvalue weighted by Crippen LogP contribution is 2.39. The first-order valence-corrected chi connectivity index (χ1v) is 9.14. The number of aromatic nitrogens is 2. The van der Waals surface area contributed by atoms with Crippen LogP contribution in [0.5, 0.6) is 5.75 Å². The van der Waals surface area contributed by atoms with Crippen LogP contribution < -0.4 is 10.1 Å². The van der Waals surface area contributed by atoms with E-state index in [-0.39, 0.29) is 23.6 Å². The molecule has 31 heavy (non-hydrogen) atoms. The van der Waals surface area contributed by atoms with Crippen LogP contribution >= 0.6 is 0 Å². The number of nitro benzene ring substituents is 1. The fourth-order valence-corrected chi connectivity index (χ4v) is 3.53. The third-order valence-electron chi connectivity index (χ3n) is 4.98. The molecule has 1 atom stereocenters. The summed E-state index contributed by atoms with van der Waals surface area (Å²) in [5, 5.41) is 20.8. The van der Waals surface area contributed by atoms with E-state index in [1.807, 2.05) is 0 Å². The summed E-state index contributed by atoms with van der Waals surface area (Å²) in [6.07, 6.45) is -2.90. The number of H-pyrrole nitrogens is 1. The summed E-state index contributed by atoms with van der Waals surface area (Å²) in [4.78, 5) is 22.9. The Labute approximate surface area is 173 Å². The van der Waals surface area contributed by atoms with Crippen LogP contribution in [0.1, 0.15) is 34.6 Å². The molecule has 8 nitrogen and oxygen atoms in total. The quantitative estimate of drug-likeness (QED) is 0.459. The smallest absolute Gasteiger partial charge is 0.416 e. The van der Waals surface area contributed by atoms with E-state index >= 15 is 0 Å². The Morgan fingerprint density at radius 3 is 2.74 bits per heavy atom. The first-order valence-electron chi connectivity index (χ1n) is 9.14. The fourth-order valence-electron chi connectivity index (χ4n) is 3.53. The number of hydrogen-bond donors (Lipinski definition) is 2. The van der Waals surface area contributed by atoms with Gasteiger partial charge in [0, 0.05) is 35.7 Å². The number of aromatic amines is 1. The number of carbonyl (C=O) groups is 1. The minimum absolute atomic E-state index is 0.0723. The monoisotopic (exact) mass is 432 g/mol. The van der Waals surface area contributed by atoms with Crippen molar-refractivity contribution in [3.63, 3.8) is 0 Å². The molecule has 1 aliphatic heterocycles. The summed E-state index contributed by atoms with van der Waals surface area (Å²) in [6, 6.07) is 9.02. The van der Waals surface area contributed by atoms with Crippen molar-refractivity contribution in [1.82, 2.24) is 10.2 Å². The van der Waals surface area contributed by atoms with E-state index in [0.29, 0.717) is 16.9 Å². The lowest BCUT2D eigenvalue weighted by Crippen LogP contribution is -2.23.